The van der Waals surface area contributed by atoms with Crippen LogP contribution in [0.4, 0.5) is 20.3 Å². The number of H-pyrrole nitrogens is 1. The van der Waals surface area contributed by atoms with Gasteiger partial charge in [-0.05, 0) is 49.1 Å². The number of rotatable bonds is 4. The normalized spacial score (nSPS) is 16.9. The van der Waals surface area contributed by atoms with Crippen LogP contribution in [0, 0.1) is 0 Å². The Bertz CT molecular complexity index is 1140. The maximum absolute atomic E-state index is 14.1. The Hall–Kier alpha value is -3.03. The second kappa shape index (κ2) is 6.50. The third-order valence-electron chi connectivity index (χ3n) is 5.31. The molecule has 6 nitrogen and oxygen atoms in total. The Kier molecular flexibility index (Phi) is 4.04. The molecule has 0 saturated heterocycles. The quantitative estimate of drug-likeness (QED) is 0.678. The molecule has 1 aromatic carbocycles. The van der Waals surface area contributed by atoms with Gasteiger partial charge in [-0.25, -0.2) is 18.7 Å². The molecule has 3 heterocycles. The molecule has 2 N–H and O–H groups in total. The van der Waals surface area contributed by atoms with Crippen LogP contribution >= 0.6 is 0 Å². The van der Waals surface area contributed by atoms with Gasteiger partial charge in [0.2, 0.25) is 0 Å². The number of ether oxygens (including phenoxy) is 1. The number of aromatic nitrogens is 3. The summed E-state index contributed by atoms with van der Waals surface area (Å²) < 4.78 is 34.2. The van der Waals surface area contributed by atoms with Gasteiger partial charge in [-0.3, -0.25) is 4.99 Å². The Morgan fingerprint density at radius 2 is 2.10 bits per heavy atom. The summed E-state index contributed by atoms with van der Waals surface area (Å²) in [6, 6.07) is 3.94. The molecule has 3 aromatic rings. The summed E-state index contributed by atoms with van der Waals surface area (Å²) in [5.41, 5.74) is 4.81. The molecule has 5 rings (SSSR count). The van der Waals surface area contributed by atoms with E-state index in [-0.39, 0.29) is 18.9 Å². The summed E-state index contributed by atoms with van der Waals surface area (Å²) in [4.78, 5) is 16.1. The predicted molar refractivity (Wildman–Crippen MR) is 108 cm³/mol. The summed E-state index contributed by atoms with van der Waals surface area (Å²) >= 11 is 0. The number of aliphatic imine (C=N–C) groups is 1. The van der Waals surface area contributed by atoms with Gasteiger partial charge in [0.25, 0.3) is 5.92 Å². The van der Waals surface area contributed by atoms with Gasteiger partial charge in [0.05, 0.1) is 23.7 Å². The molecule has 2 aromatic heterocycles. The van der Waals surface area contributed by atoms with Crippen molar-refractivity contribution in [3.8, 4) is 5.75 Å². The van der Waals surface area contributed by atoms with Crippen molar-refractivity contribution in [1.29, 1.82) is 0 Å². The van der Waals surface area contributed by atoms with Crippen LogP contribution in [0.15, 0.2) is 23.5 Å². The smallest absolute Gasteiger partial charge is 0.252 e. The molecule has 0 fully saturated rings. The van der Waals surface area contributed by atoms with Crippen molar-refractivity contribution in [2.45, 2.75) is 51.7 Å². The molecule has 0 spiro atoms. The van der Waals surface area contributed by atoms with E-state index < -0.39 is 5.92 Å². The van der Waals surface area contributed by atoms with Gasteiger partial charge in [0.15, 0.2) is 0 Å². The largest absolute Gasteiger partial charge is 0.489 e. The lowest BCUT2D eigenvalue weighted by atomic mass is 9.93. The molecule has 0 saturated carbocycles. The van der Waals surface area contributed by atoms with E-state index in [0.29, 0.717) is 41.1 Å². The second-order valence-corrected chi connectivity index (χ2v) is 7.87. The van der Waals surface area contributed by atoms with Crippen LogP contribution in [0.3, 0.4) is 0 Å². The molecule has 29 heavy (non-hydrogen) atoms. The first-order valence-corrected chi connectivity index (χ1v) is 9.72. The zero-order valence-corrected chi connectivity index (χ0v) is 16.2. The van der Waals surface area contributed by atoms with Crippen molar-refractivity contribution >= 4 is 28.8 Å². The number of fused-ring (bicyclic) bond motifs is 4. The van der Waals surface area contributed by atoms with Gasteiger partial charge in [-0.15, -0.1) is 0 Å². The highest BCUT2D eigenvalue weighted by atomic mass is 19.3. The highest BCUT2D eigenvalue weighted by Crippen LogP contribution is 2.40. The Morgan fingerprint density at radius 1 is 1.24 bits per heavy atom. The van der Waals surface area contributed by atoms with Gasteiger partial charge >= 0.3 is 0 Å². The third kappa shape index (κ3) is 3.22. The molecular formula is C21H21F2N5O. The lowest BCUT2D eigenvalue weighted by Gasteiger charge is -2.22. The maximum atomic E-state index is 14.1. The number of aromatic amines is 1. The number of aryl methyl sites for hydroxylation is 1. The molecule has 8 heteroatoms. The van der Waals surface area contributed by atoms with Crippen molar-refractivity contribution in [2.75, 3.05) is 5.32 Å². The monoisotopic (exact) mass is 397 g/mol. The summed E-state index contributed by atoms with van der Waals surface area (Å²) in [5.74, 6) is -1.54. The van der Waals surface area contributed by atoms with Gasteiger partial charge in [0, 0.05) is 24.8 Å². The summed E-state index contributed by atoms with van der Waals surface area (Å²) in [5, 5.41) is 3.93. The maximum Gasteiger partial charge on any atom is 0.252 e. The van der Waals surface area contributed by atoms with Gasteiger partial charge in [-0.2, -0.15) is 0 Å². The topological polar surface area (TPSA) is 75.2 Å². The average Bonchev–Trinajstić information content (AvgIpc) is 3.24. The van der Waals surface area contributed by atoms with Crippen molar-refractivity contribution in [3.05, 3.63) is 40.8 Å². The van der Waals surface area contributed by atoms with Crippen LogP contribution in [-0.4, -0.2) is 33.2 Å². The number of hydrogen-bond acceptors (Lipinski definition) is 5. The van der Waals surface area contributed by atoms with Gasteiger partial charge in [-0.1, -0.05) is 0 Å². The molecule has 0 bridgehead atoms. The van der Waals surface area contributed by atoms with Crippen LogP contribution in [0.5, 0.6) is 5.75 Å². The molecule has 0 atom stereocenters. The molecule has 1 aliphatic carbocycles. The standard InChI is InChI=1S/C21H21F2N5O/c1-11(2)29-17-6-13-9-24-8-12(13)5-16(17)28-20-18-14-7-21(22,23)4-3-15(14)27-19(18)25-10-26-20/h5-6,8,10-11H,3-4,7,9H2,1-2H3,(H2,25,26,27,28). The van der Waals surface area contributed by atoms with Crippen molar-refractivity contribution in [3.63, 3.8) is 0 Å². The molecule has 0 radical (unpaired) electrons. The van der Waals surface area contributed by atoms with Crippen LogP contribution in [0.25, 0.3) is 11.0 Å². The van der Waals surface area contributed by atoms with E-state index in [4.69, 9.17) is 4.74 Å². The number of hydrogen-bond donors (Lipinski definition) is 2. The second-order valence-electron chi connectivity index (χ2n) is 7.87. The summed E-state index contributed by atoms with van der Waals surface area (Å²) in [6.07, 6.45) is 3.09. The van der Waals surface area contributed by atoms with E-state index >= 15 is 0 Å². The van der Waals surface area contributed by atoms with Crippen molar-refractivity contribution in [2.24, 2.45) is 4.99 Å². The highest BCUT2D eigenvalue weighted by Gasteiger charge is 2.37. The number of alkyl halides is 2. The summed E-state index contributed by atoms with van der Waals surface area (Å²) in [6.45, 7) is 4.55. The molecule has 1 aliphatic heterocycles. The molecule has 0 amide bonds. The number of nitrogens with zero attached hydrogens (tertiary/aromatic N) is 3. The minimum absolute atomic E-state index is 0.0138. The average molecular weight is 397 g/mol. The SMILES string of the molecule is CC(C)Oc1cc2c(cc1Nc1ncnc3[nH]c4c(c13)CC(F)(F)CC4)C=NC2. The van der Waals surface area contributed by atoms with E-state index in [0.717, 1.165) is 22.5 Å². The predicted octanol–water partition coefficient (Wildman–Crippen LogP) is 4.55. The lowest BCUT2D eigenvalue weighted by molar-refractivity contribution is -0.0121. The summed E-state index contributed by atoms with van der Waals surface area (Å²) in [7, 11) is 0. The van der Waals surface area contributed by atoms with Gasteiger partial charge in [0.1, 0.15) is 23.5 Å². The molecule has 0 unspecified atom stereocenters. The number of halogens is 2. The minimum atomic E-state index is -2.72. The fourth-order valence-electron chi connectivity index (χ4n) is 4.01. The Labute approximate surface area is 166 Å². The highest BCUT2D eigenvalue weighted by molar-refractivity contribution is 5.95. The number of anilines is 2. The molecule has 2 aliphatic rings. The van der Waals surface area contributed by atoms with Crippen LogP contribution in [0.1, 0.15) is 42.7 Å². The zero-order chi connectivity index (χ0) is 20.2. The lowest BCUT2D eigenvalue weighted by Crippen LogP contribution is -2.25. The molecular weight excluding hydrogens is 376 g/mol. The first-order chi connectivity index (χ1) is 13.9. The van der Waals surface area contributed by atoms with Gasteiger partial charge < -0.3 is 15.0 Å². The number of nitrogens with one attached hydrogen (secondary N) is 2. The van der Waals surface area contributed by atoms with Crippen LogP contribution in [0.2, 0.25) is 0 Å². The third-order valence-corrected chi connectivity index (χ3v) is 5.31. The first-order valence-electron chi connectivity index (χ1n) is 9.72. The van der Waals surface area contributed by atoms with E-state index in [2.05, 4.69) is 25.3 Å². The Balaban J connectivity index is 1.61. The van der Waals surface area contributed by atoms with Crippen molar-refractivity contribution < 1.29 is 13.5 Å². The van der Waals surface area contributed by atoms with Crippen molar-refractivity contribution in [1.82, 2.24) is 15.0 Å². The fraction of sp³-hybridized carbons (Fsp3) is 0.381. The van der Waals surface area contributed by atoms with E-state index in [9.17, 15) is 8.78 Å². The molecule has 150 valence electrons. The Morgan fingerprint density at radius 3 is 2.93 bits per heavy atom. The fourth-order valence-corrected chi connectivity index (χ4v) is 4.01. The van der Waals surface area contributed by atoms with E-state index in [1.807, 2.05) is 32.2 Å². The number of benzene rings is 1. The zero-order valence-electron chi connectivity index (χ0n) is 16.2. The van der Waals surface area contributed by atoms with E-state index in [1.165, 1.54) is 6.33 Å². The minimum Gasteiger partial charge on any atom is -0.489 e. The first kappa shape index (κ1) is 18.0. The van der Waals surface area contributed by atoms with E-state index in [1.54, 1.807) is 0 Å². The van der Waals surface area contributed by atoms with Crippen LogP contribution in [-0.2, 0) is 19.4 Å². The van der Waals surface area contributed by atoms with Crippen LogP contribution < -0.4 is 10.1 Å².